The third-order valence-corrected chi connectivity index (χ3v) is 5.06. The minimum atomic E-state index is 0.276. The first-order valence-corrected chi connectivity index (χ1v) is 8.79. The van der Waals surface area contributed by atoms with Crippen molar-refractivity contribution in [2.75, 3.05) is 0 Å². The summed E-state index contributed by atoms with van der Waals surface area (Å²) in [5.74, 6) is 0.564. The summed E-state index contributed by atoms with van der Waals surface area (Å²) in [5.41, 5.74) is 2.08. The summed E-state index contributed by atoms with van der Waals surface area (Å²) < 4.78 is 0. The van der Waals surface area contributed by atoms with Crippen molar-refractivity contribution in [3.05, 3.63) is 84.9 Å². The van der Waals surface area contributed by atoms with Gasteiger partial charge in [0.1, 0.15) is 11.5 Å². The Hall–Kier alpha value is -2.91. The van der Waals surface area contributed by atoms with Crippen molar-refractivity contribution in [1.29, 1.82) is 0 Å². The van der Waals surface area contributed by atoms with E-state index in [4.69, 9.17) is 0 Å². The zero-order chi connectivity index (χ0) is 17.2. The summed E-state index contributed by atoms with van der Waals surface area (Å²) in [5, 5.41) is 21.3. The largest absolute Gasteiger partial charge is 0.508 e. The average molecular weight is 344 g/mol. The molecule has 0 atom stereocenters. The highest BCUT2D eigenvalue weighted by Crippen LogP contribution is 2.32. The molecule has 25 heavy (non-hydrogen) atoms. The zero-order valence-electron chi connectivity index (χ0n) is 13.4. The van der Waals surface area contributed by atoms with Crippen molar-refractivity contribution in [2.45, 2.75) is 9.79 Å². The number of rotatable bonds is 3. The molecule has 2 nitrogen and oxygen atoms in total. The molecule has 0 saturated heterocycles. The number of fused-ring (bicyclic) bond motifs is 1. The summed E-state index contributed by atoms with van der Waals surface area (Å²) in [6.07, 6.45) is 0. The summed E-state index contributed by atoms with van der Waals surface area (Å²) in [6, 6.07) is 27.2. The lowest BCUT2D eigenvalue weighted by atomic mass is 10.1. The van der Waals surface area contributed by atoms with Crippen LogP contribution in [0.5, 0.6) is 11.5 Å². The number of hydrogen-bond donors (Lipinski definition) is 2. The Labute approximate surface area is 150 Å². The quantitative estimate of drug-likeness (QED) is 0.474. The monoisotopic (exact) mass is 344 g/mol. The van der Waals surface area contributed by atoms with Gasteiger partial charge < -0.3 is 10.2 Å². The fraction of sp³-hybridized carbons (Fsp3) is 0. The Bertz CT molecular complexity index is 1040. The van der Waals surface area contributed by atoms with Gasteiger partial charge in [-0.15, -0.1) is 0 Å². The zero-order valence-corrected chi connectivity index (χ0v) is 14.2. The molecule has 3 heteroatoms. The van der Waals surface area contributed by atoms with Gasteiger partial charge in [0.05, 0.1) is 0 Å². The highest BCUT2D eigenvalue weighted by atomic mass is 32.2. The second-order valence-electron chi connectivity index (χ2n) is 5.87. The van der Waals surface area contributed by atoms with Crippen LogP contribution in [0.25, 0.3) is 21.9 Å². The van der Waals surface area contributed by atoms with E-state index in [0.29, 0.717) is 0 Å². The molecule has 0 spiro atoms. The lowest BCUT2D eigenvalue weighted by molar-refractivity contribution is 0.475. The molecule has 0 amide bonds. The highest BCUT2D eigenvalue weighted by molar-refractivity contribution is 7.99. The molecule has 0 saturated carbocycles. The normalized spacial score (nSPS) is 10.9. The van der Waals surface area contributed by atoms with Crippen molar-refractivity contribution >= 4 is 22.5 Å². The van der Waals surface area contributed by atoms with Crippen molar-refractivity contribution in [2.24, 2.45) is 0 Å². The predicted octanol–water partition coefficient (Wildman–Crippen LogP) is 6.07. The third-order valence-electron chi connectivity index (χ3n) is 4.06. The van der Waals surface area contributed by atoms with E-state index < -0.39 is 0 Å². The molecule has 0 bridgehead atoms. The van der Waals surface area contributed by atoms with E-state index in [1.165, 1.54) is 0 Å². The summed E-state index contributed by atoms with van der Waals surface area (Å²) in [4.78, 5) is 2.31. The molecule has 0 heterocycles. The van der Waals surface area contributed by atoms with Crippen molar-refractivity contribution in [3.8, 4) is 22.6 Å². The maximum absolute atomic E-state index is 9.61. The van der Waals surface area contributed by atoms with Crippen LogP contribution in [0.3, 0.4) is 0 Å². The van der Waals surface area contributed by atoms with Gasteiger partial charge in [-0.1, -0.05) is 48.2 Å². The summed E-state index contributed by atoms with van der Waals surface area (Å²) >= 11 is 1.70. The van der Waals surface area contributed by atoms with Gasteiger partial charge in [-0.05, 0) is 70.4 Å². The number of benzene rings is 4. The first-order chi connectivity index (χ1) is 12.2. The highest BCUT2D eigenvalue weighted by Gasteiger charge is 2.03. The Morgan fingerprint density at radius 2 is 1.20 bits per heavy atom. The minimum Gasteiger partial charge on any atom is -0.508 e. The predicted molar refractivity (Wildman–Crippen MR) is 103 cm³/mol. The van der Waals surface area contributed by atoms with E-state index in [0.717, 1.165) is 31.7 Å². The molecular weight excluding hydrogens is 328 g/mol. The molecule has 2 N–H and O–H groups in total. The van der Waals surface area contributed by atoms with Crippen molar-refractivity contribution < 1.29 is 10.2 Å². The molecule has 0 aliphatic rings. The van der Waals surface area contributed by atoms with Crippen LogP contribution in [0.4, 0.5) is 0 Å². The van der Waals surface area contributed by atoms with Crippen LogP contribution >= 0.6 is 11.8 Å². The molecule has 122 valence electrons. The van der Waals surface area contributed by atoms with Crippen LogP contribution in [-0.2, 0) is 0 Å². The van der Waals surface area contributed by atoms with Gasteiger partial charge >= 0.3 is 0 Å². The molecule has 0 aromatic heterocycles. The van der Waals surface area contributed by atoms with Crippen LogP contribution in [0.2, 0.25) is 0 Å². The fourth-order valence-electron chi connectivity index (χ4n) is 2.81. The summed E-state index contributed by atoms with van der Waals surface area (Å²) in [6.45, 7) is 0. The second kappa shape index (κ2) is 6.54. The van der Waals surface area contributed by atoms with Gasteiger partial charge in [-0.25, -0.2) is 0 Å². The van der Waals surface area contributed by atoms with Gasteiger partial charge in [-0.2, -0.15) is 0 Å². The maximum Gasteiger partial charge on any atom is 0.116 e. The topological polar surface area (TPSA) is 40.5 Å². The summed E-state index contributed by atoms with van der Waals surface area (Å²) in [7, 11) is 0. The van der Waals surface area contributed by atoms with Gasteiger partial charge in [0.25, 0.3) is 0 Å². The number of aromatic hydroxyl groups is 2. The van der Waals surface area contributed by atoms with E-state index in [2.05, 4.69) is 36.4 Å². The van der Waals surface area contributed by atoms with Crippen LogP contribution in [0.15, 0.2) is 94.7 Å². The van der Waals surface area contributed by atoms with Crippen LogP contribution in [0.1, 0.15) is 0 Å². The number of phenols is 2. The van der Waals surface area contributed by atoms with Crippen LogP contribution < -0.4 is 0 Å². The first-order valence-electron chi connectivity index (χ1n) is 7.97. The second-order valence-corrected chi connectivity index (χ2v) is 7.02. The average Bonchev–Trinajstić information content (AvgIpc) is 2.62. The first kappa shape index (κ1) is 15.6. The molecular formula is C22H16O2S. The van der Waals surface area contributed by atoms with Gasteiger partial charge in [-0.3, -0.25) is 0 Å². The Morgan fingerprint density at radius 3 is 2.00 bits per heavy atom. The Balaban J connectivity index is 1.58. The molecule has 0 radical (unpaired) electrons. The molecule has 0 aliphatic carbocycles. The molecule has 4 aromatic carbocycles. The fourth-order valence-corrected chi connectivity index (χ4v) is 3.68. The van der Waals surface area contributed by atoms with Gasteiger partial charge in [0.15, 0.2) is 0 Å². The van der Waals surface area contributed by atoms with Crippen molar-refractivity contribution in [3.63, 3.8) is 0 Å². The van der Waals surface area contributed by atoms with E-state index in [-0.39, 0.29) is 11.5 Å². The molecule has 0 fully saturated rings. The lowest BCUT2D eigenvalue weighted by Gasteiger charge is -2.06. The smallest absolute Gasteiger partial charge is 0.116 e. The number of phenolic OH excluding ortho intramolecular Hbond substituents is 2. The Kier molecular flexibility index (Phi) is 4.08. The number of hydrogen-bond acceptors (Lipinski definition) is 3. The van der Waals surface area contributed by atoms with Crippen LogP contribution in [-0.4, -0.2) is 10.2 Å². The van der Waals surface area contributed by atoms with E-state index in [9.17, 15) is 10.2 Å². The molecule has 4 rings (SSSR count). The van der Waals surface area contributed by atoms with Gasteiger partial charge in [0.2, 0.25) is 0 Å². The Morgan fingerprint density at radius 1 is 0.520 bits per heavy atom. The SMILES string of the molecule is Oc1cccc(-c2ccc(Sc3ccc4cc(O)ccc4c3)cc2)c1. The van der Waals surface area contributed by atoms with Gasteiger partial charge in [0, 0.05) is 9.79 Å². The molecule has 4 aromatic rings. The van der Waals surface area contributed by atoms with E-state index >= 15 is 0 Å². The minimum absolute atomic E-state index is 0.276. The van der Waals surface area contributed by atoms with E-state index in [1.807, 2.05) is 24.3 Å². The molecule has 0 aliphatic heterocycles. The van der Waals surface area contributed by atoms with Crippen LogP contribution in [0, 0.1) is 0 Å². The third kappa shape index (κ3) is 3.47. The standard InChI is InChI=1S/C22H16O2S/c23-19-3-1-2-16(12-19)15-5-9-21(10-6-15)25-22-11-7-17-13-20(24)8-4-18(17)14-22/h1-14,23-24H. The van der Waals surface area contributed by atoms with E-state index in [1.54, 1.807) is 36.0 Å². The molecule has 0 unspecified atom stereocenters. The maximum atomic E-state index is 9.61. The lowest BCUT2D eigenvalue weighted by Crippen LogP contribution is -1.79. The van der Waals surface area contributed by atoms with Crippen molar-refractivity contribution in [1.82, 2.24) is 0 Å².